The maximum absolute atomic E-state index is 7.53. The van der Waals surface area contributed by atoms with Crippen molar-refractivity contribution in [3.63, 3.8) is 0 Å². The normalized spacial score (nSPS) is 10.1. The zero-order chi connectivity index (χ0) is 11.4. The van der Waals surface area contributed by atoms with Gasteiger partial charge in [0.05, 0.1) is 10.6 Å². The summed E-state index contributed by atoms with van der Waals surface area (Å²) in [6.07, 6.45) is 0. The van der Waals surface area contributed by atoms with Crippen molar-refractivity contribution >= 4 is 23.1 Å². The lowest BCUT2D eigenvalue weighted by molar-refractivity contribution is 0.865. The predicted molar refractivity (Wildman–Crippen MR) is 66.0 cm³/mol. The van der Waals surface area contributed by atoms with Gasteiger partial charge in [-0.25, -0.2) is 0 Å². The average Bonchev–Trinajstić information content (AvgIpc) is 2.19. The second-order valence-electron chi connectivity index (χ2n) is 3.22. The first-order chi connectivity index (χ1) is 7.11. The summed E-state index contributed by atoms with van der Waals surface area (Å²) in [7, 11) is 0. The Labute approximate surface area is 95.3 Å². The number of hydrogen-bond acceptors (Lipinski definition) is 2. The summed E-state index contributed by atoms with van der Waals surface area (Å²) in [5, 5.41) is 8.06. The van der Waals surface area contributed by atoms with Crippen LogP contribution in [-0.2, 0) is 0 Å². The third-order valence-corrected chi connectivity index (χ3v) is 2.68. The highest BCUT2D eigenvalue weighted by atomic mass is 35.5. The predicted octanol–water partition coefficient (Wildman–Crippen LogP) is 2.47. The van der Waals surface area contributed by atoms with Crippen LogP contribution in [0.3, 0.4) is 0 Å². The fraction of sp³-hybridized carbons (Fsp3) is 0.364. The van der Waals surface area contributed by atoms with Crippen molar-refractivity contribution < 1.29 is 0 Å². The van der Waals surface area contributed by atoms with Crippen LogP contribution in [0.5, 0.6) is 0 Å². The molecule has 0 saturated heterocycles. The molecule has 0 heterocycles. The van der Waals surface area contributed by atoms with E-state index in [4.69, 9.17) is 22.7 Å². The molecule has 3 N–H and O–H groups in total. The third-order valence-electron chi connectivity index (χ3n) is 2.37. The molecule has 0 fully saturated rings. The van der Waals surface area contributed by atoms with Gasteiger partial charge in [-0.2, -0.15) is 0 Å². The summed E-state index contributed by atoms with van der Waals surface area (Å²) in [4.78, 5) is 2.13. The summed E-state index contributed by atoms with van der Waals surface area (Å²) in [5.74, 6) is 0.0162. The van der Waals surface area contributed by atoms with E-state index in [2.05, 4.69) is 18.7 Å². The third kappa shape index (κ3) is 2.42. The Bertz CT molecular complexity index is 359. The fourth-order valence-corrected chi connectivity index (χ4v) is 1.88. The highest BCUT2D eigenvalue weighted by Gasteiger charge is 2.13. The first kappa shape index (κ1) is 11.9. The quantitative estimate of drug-likeness (QED) is 0.611. The molecule has 0 amide bonds. The molecule has 0 aliphatic heterocycles. The Morgan fingerprint density at radius 3 is 2.47 bits per heavy atom. The molecule has 1 rings (SSSR count). The Morgan fingerprint density at radius 1 is 1.40 bits per heavy atom. The number of rotatable bonds is 4. The van der Waals surface area contributed by atoms with Crippen LogP contribution in [0.1, 0.15) is 19.4 Å². The van der Waals surface area contributed by atoms with Crippen LogP contribution in [0.4, 0.5) is 5.69 Å². The van der Waals surface area contributed by atoms with Gasteiger partial charge in [0.1, 0.15) is 5.84 Å². The zero-order valence-electron chi connectivity index (χ0n) is 9.05. The molecule has 4 heteroatoms. The molecular formula is C11H16ClN3. The van der Waals surface area contributed by atoms with E-state index >= 15 is 0 Å². The minimum atomic E-state index is 0.0162. The molecule has 0 saturated carbocycles. The van der Waals surface area contributed by atoms with E-state index < -0.39 is 0 Å². The standard InChI is InChI=1S/C11H16ClN3/c1-3-15(4-2)9-7-5-6-8(12)10(9)11(13)14/h5-7H,3-4H2,1-2H3,(H3,13,14). The van der Waals surface area contributed by atoms with Gasteiger partial charge in [0, 0.05) is 18.8 Å². The molecule has 0 bridgehead atoms. The van der Waals surface area contributed by atoms with Crippen molar-refractivity contribution in [1.29, 1.82) is 5.41 Å². The maximum atomic E-state index is 7.53. The molecule has 0 atom stereocenters. The first-order valence-electron chi connectivity index (χ1n) is 4.99. The zero-order valence-corrected chi connectivity index (χ0v) is 9.80. The van der Waals surface area contributed by atoms with Crippen LogP contribution in [-0.4, -0.2) is 18.9 Å². The molecule has 1 aromatic rings. The van der Waals surface area contributed by atoms with Crippen molar-refractivity contribution in [2.24, 2.45) is 5.73 Å². The van der Waals surface area contributed by atoms with Gasteiger partial charge in [0.25, 0.3) is 0 Å². The second kappa shape index (κ2) is 5.03. The van der Waals surface area contributed by atoms with Gasteiger partial charge in [-0.05, 0) is 26.0 Å². The Morgan fingerprint density at radius 2 is 2.00 bits per heavy atom. The van der Waals surface area contributed by atoms with Crippen LogP contribution in [0, 0.1) is 5.41 Å². The first-order valence-corrected chi connectivity index (χ1v) is 5.37. The minimum absolute atomic E-state index is 0.0162. The molecule has 82 valence electrons. The molecule has 0 radical (unpaired) electrons. The van der Waals surface area contributed by atoms with Gasteiger partial charge in [0.15, 0.2) is 0 Å². The summed E-state index contributed by atoms with van der Waals surface area (Å²) in [5.41, 5.74) is 7.09. The van der Waals surface area contributed by atoms with Crippen molar-refractivity contribution in [2.45, 2.75) is 13.8 Å². The summed E-state index contributed by atoms with van der Waals surface area (Å²) in [6, 6.07) is 5.57. The van der Waals surface area contributed by atoms with Crippen molar-refractivity contribution in [3.8, 4) is 0 Å². The summed E-state index contributed by atoms with van der Waals surface area (Å²) >= 11 is 6.03. The number of nitrogens with one attached hydrogen (secondary N) is 1. The SMILES string of the molecule is CCN(CC)c1cccc(Cl)c1C(=N)N. The van der Waals surface area contributed by atoms with E-state index in [-0.39, 0.29) is 5.84 Å². The molecule has 1 aromatic carbocycles. The number of nitrogens with zero attached hydrogens (tertiary/aromatic N) is 1. The highest BCUT2D eigenvalue weighted by Crippen LogP contribution is 2.26. The van der Waals surface area contributed by atoms with E-state index in [0.29, 0.717) is 10.6 Å². The minimum Gasteiger partial charge on any atom is -0.384 e. The molecular weight excluding hydrogens is 210 g/mol. The van der Waals surface area contributed by atoms with Crippen molar-refractivity contribution in [1.82, 2.24) is 0 Å². The van der Waals surface area contributed by atoms with E-state index in [1.54, 1.807) is 6.07 Å². The van der Waals surface area contributed by atoms with Gasteiger partial charge in [-0.1, -0.05) is 17.7 Å². The van der Waals surface area contributed by atoms with Crippen LogP contribution in [0.25, 0.3) is 0 Å². The molecule has 0 aliphatic rings. The number of amidine groups is 1. The topological polar surface area (TPSA) is 53.1 Å². The van der Waals surface area contributed by atoms with Crippen LogP contribution < -0.4 is 10.6 Å². The lowest BCUT2D eigenvalue weighted by Gasteiger charge is -2.24. The number of nitrogens with two attached hydrogens (primary N) is 1. The Balaban J connectivity index is 3.27. The monoisotopic (exact) mass is 225 g/mol. The van der Waals surface area contributed by atoms with Crippen molar-refractivity contribution in [3.05, 3.63) is 28.8 Å². The average molecular weight is 226 g/mol. The maximum Gasteiger partial charge on any atom is 0.126 e. The number of anilines is 1. The second-order valence-corrected chi connectivity index (χ2v) is 3.63. The van der Waals surface area contributed by atoms with Gasteiger partial charge in [0.2, 0.25) is 0 Å². The molecule has 0 aliphatic carbocycles. The van der Waals surface area contributed by atoms with E-state index in [1.807, 2.05) is 12.1 Å². The summed E-state index contributed by atoms with van der Waals surface area (Å²) < 4.78 is 0. The van der Waals surface area contributed by atoms with Gasteiger partial charge < -0.3 is 10.6 Å². The largest absolute Gasteiger partial charge is 0.384 e. The number of benzene rings is 1. The van der Waals surface area contributed by atoms with Gasteiger partial charge in [-0.15, -0.1) is 0 Å². The lowest BCUT2D eigenvalue weighted by atomic mass is 10.1. The number of halogens is 1. The Hall–Kier alpha value is -1.22. The van der Waals surface area contributed by atoms with E-state index in [0.717, 1.165) is 18.8 Å². The van der Waals surface area contributed by atoms with Gasteiger partial charge >= 0.3 is 0 Å². The Kier molecular flexibility index (Phi) is 3.97. The number of hydrogen-bond donors (Lipinski definition) is 2. The number of nitrogen functional groups attached to an aromatic ring is 1. The van der Waals surface area contributed by atoms with E-state index in [9.17, 15) is 0 Å². The smallest absolute Gasteiger partial charge is 0.126 e. The lowest BCUT2D eigenvalue weighted by Crippen LogP contribution is -2.26. The fourth-order valence-electron chi connectivity index (χ4n) is 1.61. The molecule has 3 nitrogen and oxygen atoms in total. The van der Waals surface area contributed by atoms with Gasteiger partial charge in [-0.3, -0.25) is 5.41 Å². The molecule has 0 spiro atoms. The molecule has 15 heavy (non-hydrogen) atoms. The van der Waals surface area contributed by atoms with Crippen LogP contribution >= 0.6 is 11.6 Å². The van der Waals surface area contributed by atoms with Crippen LogP contribution in [0.2, 0.25) is 5.02 Å². The summed E-state index contributed by atoms with van der Waals surface area (Å²) in [6.45, 7) is 5.87. The molecule has 0 aromatic heterocycles. The van der Waals surface area contributed by atoms with Crippen molar-refractivity contribution in [2.75, 3.05) is 18.0 Å². The van der Waals surface area contributed by atoms with Crippen LogP contribution in [0.15, 0.2) is 18.2 Å². The van der Waals surface area contributed by atoms with E-state index in [1.165, 1.54) is 0 Å². The highest BCUT2D eigenvalue weighted by molar-refractivity contribution is 6.34. The molecule has 0 unspecified atom stereocenters.